The first-order valence-electron chi connectivity index (χ1n) is 10.1. The number of fused-ring (bicyclic) bond motifs is 1. The molecule has 1 atom stereocenters. The zero-order valence-corrected chi connectivity index (χ0v) is 18.8. The summed E-state index contributed by atoms with van der Waals surface area (Å²) in [5.41, 5.74) is 4.06. The molecule has 0 bridgehead atoms. The third-order valence-corrected chi connectivity index (χ3v) is 5.82. The average Bonchev–Trinajstić information content (AvgIpc) is 3.16. The van der Waals surface area contributed by atoms with E-state index in [0.29, 0.717) is 28.1 Å². The lowest BCUT2D eigenvalue weighted by molar-refractivity contribution is -0.113. The van der Waals surface area contributed by atoms with Gasteiger partial charge in [0, 0.05) is 5.70 Å². The molecule has 1 aromatic heterocycles. The third-order valence-electron chi connectivity index (χ3n) is 5.10. The quantitative estimate of drug-likeness (QED) is 0.549. The first kappa shape index (κ1) is 21.0. The Bertz CT molecular complexity index is 1140. The normalized spacial score (nSPS) is 15.3. The van der Waals surface area contributed by atoms with Gasteiger partial charge in [0.1, 0.15) is 11.8 Å². The predicted molar refractivity (Wildman–Crippen MR) is 124 cm³/mol. The number of thioether (sulfide) groups is 1. The molecule has 3 aromatic rings. The molecule has 0 radical (unpaired) electrons. The number of aromatic nitrogens is 3. The molecule has 2 aromatic carbocycles. The van der Waals surface area contributed by atoms with E-state index in [2.05, 4.69) is 22.5 Å². The lowest BCUT2D eigenvalue weighted by Crippen LogP contribution is -2.31. The largest absolute Gasteiger partial charge is 0.495 e. The maximum Gasteiger partial charge on any atom is 0.255 e. The fraction of sp³-hybridized carbons (Fsp3) is 0.261. The fourth-order valence-corrected chi connectivity index (χ4v) is 4.17. The van der Waals surface area contributed by atoms with Crippen LogP contribution < -0.4 is 15.4 Å². The van der Waals surface area contributed by atoms with Crippen molar-refractivity contribution in [1.82, 2.24) is 14.8 Å². The number of ether oxygens (including phenoxy) is 1. The molecule has 0 saturated carbocycles. The van der Waals surface area contributed by atoms with Crippen molar-refractivity contribution in [2.75, 3.05) is 23.5 Å². The second kappa shape index (κ2) is 8.85. The highest BCUT2D eigenvalue weighted by Crippen LogP contribution is 2.37. The van der Waals surface area contributed by atoms with Crippen LogP contribution in [0.15, 0.2) is 65.0 Å². The molecule has 0 saturated heterocycles. The molecule has 7 nitrogen and oxygen atoms in total. The van der Waals surface area contributed by atoms with Gasteiger partial charge in [-0.05, 0) is 37.3 Å². The van der Waals surface area contributed by atoms with Gasteiger partial charge in [-0.2, -0.15) is 4.98 Å². The van der Waals surface area contributed by atoms with Crippen LogP contribution in [-0.2, 0) is 4.79 Å². The molecule has 0 aliphatic carbocycles. The number of amides is 1. The zero-order valence-electron chi connectivity index (χ0n) is 18.0. The second-order valence-corrected chi connectivity index (χ2v) is 8.46. The van der Waals surface area contributed by atoms with E-state index >= 15 is 0 Å². The van der Waals surface area contributed by atoms with E-state index in [1.165, 1.54) is 0 Å². The van der Waals surface area contributed by atoms with Gasteiger partial charge in [0.2, 0.25) is 11.1 Å². The minimum Gasteiger partial charge on any atom is -0.495 e. The molecule has 160 valence electrons. The van der Waals surface area contributed by atoms with E-state index in [4.69, 9.17) is 9.84 Å². The van der Waals surface area contributed by atoms with Crippen molar-refractivity contribution in [2.45, 2.75) is 32.0 Å². The van der Waals surface area contributed by atoms with Crippen molar-refractivity contribution in [3.63, 3.8) is 0 Å². The van der Waals surface area contributed by atoms with Crippen LogP contribution in [0.5, 0.6) is 5.75 Å². The molecule has 0 spiro atoms. The zero-order chi connectivity index (χ0) is 22.0. The summed E-state index contributed by atoms with van der Waals surface area (Å²) in [5.74, 6) is 1.89. The Labute approximate surface area is 185 Å². The molecule has 1 aliphatic heterocycles. The molecule has 1 amide bonds. The van der Waals surface area contributed by atoms with E-state index in [0.717, 1.165) is 22.6 Å². The van der Waals surface area contributed by atoms with Gasteiger partial charge in [0.25, 0.3) is 5.91 Å². The smallest absolute Gasteiger partial charge is 0.255 e. The van der Waals surface area contributed by atoms with Crippen molar-refractivity contribution < 1.29 is 9.53 Å². The maximum atomic E-state index is 13.5. The Kier molecular flexibility index (Phi) is 5.99. The number of nitrogens with one attached hydrogen (secondary N) is 2. The standard InChI is InChI=1S/C23H25N5O2S/c1-5-31-23-26-22-24-15(3)19(21(29)25-17-8-6-7-9-18(17)30-4)20(28(22)27-23)16-12-10-14(2)11-13-16/h6-13,20H,5H2,1-4H3,(H,25,29)(H,24,26,27)/t20-/m0/s1. The number of carbonyl (C=O) groups excluding carboxylic acids is 1. The molecule has 2 heterocycles. The van der Waals surface area contributed by atoms with E-state index < -0.39 is 6.04 Å². The van der Waals surface area contributed by atoms with E-state index in [-0.39, 0.29) is 5.91 Å². The third kappa shape index (κ3) is 4.16. The number of rotatable bonds is 6. The van der Waals surface area contributed by atoms with E-state index in [1.807, 2.05) is 62.4 Å². The topological polar surface area (TPSA) is 81.1 Å². The Balaban J connectivity index is 1.78. The number of methoxy groups -OCH3 is 1. The van der Waals surface area contributed by atoms with Crippen LogP contribution >= 0.6 is 11.8 Å². The molecular weight excluding hydrogens is 410 g/mol. The Morgan fingerprint density at radius 2 is 1.94 bits per heavy atom. The van der Waals surface area contributed by atoms with Gasteiger partial charge in [-0.3, -0.25) is 4.79 Å². The maximum absolute atomic E-state index is 13.5. The van der Waals surface area contributed by atoms with E-state index in [9.17, 15) is 4.79 Å². The van der Waals surface area contributed by atoms with Gasteiger partial charge in [-0.15, -0.1) is 5.10 Å². The highest BCUT2D eigenvalue weighted by molar-refractivity contribution is 7.99. The van der Waals surface area contributed by atoms with Gasteiger partial charge >= 0.3 is 0 Å². The van der Waals surface area contributed by atoms with Crippen LogP contribution in [0.1, 0.15) is 31.0 Å². The van der Waals surface area contributed by atoms with Crippen LogP contribution in [0.25, 0.3) is 0 Å². The SMILES string of the molecule is CCSc1nc2n(n1)[C@@H](c1ccc(C)cc1)C(C(=O)Nc1ccccc1OC)=C(C)N2. The van der Waals surface area contributed by atoms with Gasteiger partial charge in [0.15, 0.2) is 0 Å². The number of nitrogens with zero attached hydrogens (tertiary/aromatic N) is 3. The number of hydrogen-bond acceptors (Lipinski definition) is 6. The Morgan fingerprint density at radius 3 is 2.65 bits per heavy atom. The summed E-state index contributed by atoms with van der Waals surface area (Å²) in [7, 11) is 1.58. The summed E-state index contributed by atoms with van der Waals surface area (Å²) >= 11 is 1.57. The first-order valence-corrected chi connectivity index (χ1v) is 11.1. The summed E-state index contributed by atoms with van der Waals surface area (Å²) in [6.07, 6.45) is 0. The van der Waals surface area contributed by atoms with Crippen LogP contribution in [0, 0.1) is 6.92 Å². The summed E-state index contributed by atoms with van der Waals surface area (Å²) in [5, 5.41) is 11.6. The van der Waals surface area contributed by atoms with Crippen LogP contribution in [0.4, 0.5) is 11.6 Å². The minimum absolute atomic E-state index is 0.217. The van der Waals surface area contributed by atoms with Gasteiger partial charge in [0.05, 0.1) is 18.4 Å². The van der Waals surface area contributed by atoms with Crippen molar-refractivity contribution in [1.29, 1.82) is 0 Å². The molecule has 4 rings (SSSR count). The molecule has 2 N–H and O–H groups in total. The molecular formula is C23H25N5O2S. The Morgan fingerprint density at radius 1 is 1.19 bits per heavy atom. The first-order chi connectivity index (χ1) is 15.0. The number of anilines is 2. The minimum atomic E-state index is -0.398. The van der Waals surface area contributed by atoms with Gasteiger partial charge in [-0.1, -0.05) is 60.6 Å². The molecule has 1 aliphatic rings. The summed E-state index contributed by atoms with van der Waals surface area (Å²) in [6, 6.07) is 15.1. The summed E-state index contributed by atoms with van der Waals surface area (Å²) in [6.45, 7) is 5.99. The number of allylic oxidation sites excluding steroid dienone is 1. The van der Waals surface area contributed by atoms with E-state index in [1.54, 1.807) is 23.6 Å². The summed E-state index contributed by atoms with van der Waals surface area (Å²) in [4.78, 5) is 18.1. The molecule has 8 heteroatoms. The predicted octanol–water partition coefficient (Wildman–Crippen LogP) is 4.63. The second-order valence-electron chi connectivity index (χ2n) is 7.23. The van der Waals surface area contributed by atoms with Crippen molar-refractivity contribution in [2.24, 2.45) is 0 Å². The number of hydrogen-bond donors (Lipinski definition) is 2. The molecule has 0 unspecified atom stereocenters. The lowest BCUT2D eigenvalue weighted by atomic mass is 9.94. The molecule has 31 heavy (non-hydrogen) atoms. The fourth-order valence-electron chi connectivity index (χ4n) is 3.61. The van der Waals surface area contributed by atoms with Gasteiger partial charge in [-0.25, -0.2) is 4.68 Å². The van der Waals surface area contributed by atoms with Crippen LogP contribution in [0.3, 0.4) is 0 Å². The lowest BCUT2D eigenvalue weighted by Gasteiger charge is -2.29. The monoisotopic (exact) mass is 435 g/mol. The molecule has 0 fully saturated rings. The Hall–Kier alpha value is -3.26. The van der Waals surface area contributed by atoms with Crippen molar-refractivity contribution in [3.8, 4) is 5.75 Å². The highest BCUT2D eigenvalue weighted by atomic mass is 32.2. The van der Waals surface area contributed by atoms with Gasteiger partial charge < -0.3 is 15.4 Å². The number of benzene rings is 2. The number of aryl methyl sites for hydroxylation is 1. The number of para-hydroxylation sites is 2. The van der Waals surface area contributed by atoms with Crippen LogP contribution in [-0.4, -0.2) is 33.5 Å². The number of carbonyl (C=O) groups is 1. The van der Waals surface area contributed by atoms with Crippen LogP contribution in [0.2, 0.25) is 0 Å². The van der Waals surface area contributed by atoms with Crippen molar-refractivity contribution >= 4 is 29.3 Å². The van der Waals surface area contributed by atoms with Crippen molar-refractivity contribution in [3.05, 3.63) is 70.9 Å². The summed E-state index contributed by atoms with van der Waals surface area (Å²) < 4.78 is 7.19. The highest BCUT2D eigenvalue weighted by Gasteiger charge is 2.34. The average molecular weight is 436 g/mol.